The summed E-state index contributed by atoms with van der Waals surface area (Å²) in [5, 5.41) is 91.2. The molecule has 0 aliphatic carbocycles. The lowest BCUT2D eigenvalue weighted by molar-refractivity contribution is -0.370. The maximum Gasteiger partial charge on any atom is 0.272 e. The number of amides is 1. The maximum atomic E-state index is 12.1. The molecule has 3 aliphatic rings. The molecule has 0 aromatic heterocycles. The van der Waals surface area contributed by atoms with Gasteiger partial charge < -0.3 is 75.0 Å². The quantitative estimate of drug-likeness (QED) is 0.108. The molecule has 0 spiro atoms. The molecule has 3 saturated heterocycles. The van der Waals surface area contributed by atoms with Crippen LogP contribution < -0.4 is 5.32 Å². The summed E-state index contributed by atoms with van der Waals surface area (Å²) in [6, 6.07) is -1.86. The Bertz CT molecular complexity index is 956. The minimum atomic E-state index is -5.15. The van der Waals surface area contributed by atoms with Crippen molar-refractivity contribution >= 4 is 16.0 Å². The van der Waals surface area contributed by atoms with Crippen molar-refractivity contribution in [3.63, 3.8) is 0 Å². The maximum absolute atomic E-state index is 12.1. The van der Waals surface area contributed by atoms with Crippen molar-refractivity contribution in [1.82, 2.24) is 5.32 Å². The Labute approximate surface area is 227 Å². The van der Waals surface area contributed by atoms with Crippen molar-refractivity contribution in [2.24, 2.45) is 0 Å². The molecule has 0 aromatic rings. The molecule has 3 rings (SSSR count). The number of ether oxygens (including phenoxy) is 5. The van der Waals surface area contributed by atoms with Crippen LogP contribution in [0.15, 0.2) is 0 Å². The minimum absolute atomic E-state index is 0.807. The van der Waals surface area contributed by atoms with Crippen molar-refractivity contribution in [2.75, 3.05) is 19.8 Å². The largest absolute Gasteiger partial charge is 0.394 e. The molecular formula is C20H35NO18S. The van der Waals surface area contributed by atoms with E-state index in [9.17, 15) is 63.7 Å². The minimum Gasteiger partial charge on any atom is -0.394 e. The fourth-order valence-corrected chi connectivity index (χ4v) is 5.89. The molecule has 20 heteroatoms. The van der Waals surface area contributed by atoms with Crippen LogP contribution in [-0.2, 0) is 38.6 Å². The van der Waals surface area contributed by atoms with Crippen LogP contribution in [0, 0.1) is 0 Å². The second-order valence-corrected chi connectivity index (χ2v) is 11.1. The predicted octanol–water partition coefficient (Wildman–Crippen LogP) is -7.53. The molecule has 3 heterocycles. The van der Waals surface area contributed by atoms with Gasteiger partial charge in [0.05, 0.1) is 19.8 Å². The normalized spacial score (nSPS) is 46.6. The van der Waals surface area contributed by atoms with E-state index >= 15 is 0 Å². The highest BCUT2D eigenvalue weighted by atomic mass is 32.2. The van der Waals surface area contributed by atoms with Crippen LogP contribution >= 0.6 is 0 Å². The highest BCUT2D eigenvalue weighted by Gasteiger charge is 2.56. The summed E-state index contributed by atoms with van der Waals surface area (Å²) in [4.78, 5) is 11.8. The van der Waals surface area contributed by atoms with Crippen LogP contribution in [0.25, 0.3) is 0 Å². The third kappa shape index (κ3) is 6.89. The van der Waals surface area contributed by atoms with Crippen molar-refractivity contribution in [2.45, 2.75) is 98.1 Å². The molecule has 0 radical (unpaired) electrons. The van der Waals surface area contributed by atoms with E-state index in [0.29, 0.717) is 0 Å². The Hall–Kier alpha value is -1.18. The Kier molecular flexibility index (Phi) is 11.2. The summed E-state index contributed by atoms with van der Waals surface area (Å²) < 4.78 is 60.6. The number of rotatable bonds is 9. The van der Waals surface area contributed by atoms with E-state index in [1.807, 2.05) is 0 Å². The molecule has 0 bridgehead atoms. The zero-order valence-corrected chi connectivity index (χ0v) is 21.7. The Balaban J connectivity index is 1.92. The van der Waals surface area contributed by atoms with E-state index in [0.717, 1.165) is 6.92 Å². The first-order chi connectivity index (χ1) is 18.7. The number of carbonyl (C=O) groups is 1. The fraction of sp³-hybridized carbons (Fsp3) is 0.950. The van der Waals surface area contributed by atoms with Crippen LogP contribution in [-0.4, -0.2) is 176 Å². The zero-order valence-electron chi connectivity index (χ0n) is 20.9. The van der Waals surface area contributed by atoms with Gasteiger partial charge in [0.2, 0.25) is 5.91 Å². The van der Waals surface area contributed by atoms with E-state index in [1.54, 1.807) is 0 Å². The summed E-state index contributed by atoms with van der Waals surface area (Å²) in [5.41, 5.74) is 0. The highest BCUT2D eigenvalue weighted by molar-refractivity contribution is 7.86. The van der Waals surface area contributed by atoms with Crippen LogP contribution in [0.4, 0.5) is 0 Å². The van der Waals surface area contributed by atoms with E-state index in [1.165, 1.54) is 0 Å². The third-order valence-electron chi connectivity index (χ3n) is 6.81. The van der Waals surface area contributed by atoms with Gasteiger partial charge in [-0.05, 0) is 0 Å². The van der Waals surface area contributed by atoms with Crippen molar-refractivity contribution in [1.29, 1.82) is 0 Å². The van der Waals surface area contributed by atoms with Crippen LogP contribution in [0.1, 0.15) is 6.92 Å². The van der Waals surface area contributed by atoms with Gasteiger partial charge in [0.1, 0.15) is 72.3 Å². The summed E-state index contributed by atoms with van der Waals surface area (Å²) in [5.74, 6) is -0.868. The van der Waals surface area contributed by atoms with E-state index in [4.69, 9.17) is 23.7 Å². The lowest BCUT2D eigenvalue weighted by atomic mass is 9.96. The first-order valence-corrected chi connectivity index (χ1v) is 13.6. The average Bonchev–Trinajstić information content (AvgIpc) is 2.87. The number of carbonyl (C=O) groups excluding carboxylic acids is 1. The molecule has 0 saturated carbocycles. The molecule has 3 fully saturated rings. The van der Waals surface area contributed by atoms with Gasteiger partial charge in [0, 0.05) is 6.92 Å². The molecule has 19 nitrogen and oxygen atoms in total. The predicted molar refractivity (Wildman–Crippen MR) is 122 cm³/mol. The Morgan fingerprint density at radius 3 is 1.68 bits per heavy atom. The SMILES string of the molecule is CC(=O)N[C@H]1[C@H](O[C@H]2[C@@H](O)[C@@H](CO)O[C@H](O[C@@H]3[C@@H](O)[C@H](O)O[C@H](CO)[C@@H]3O)[C@@H]2O)O[C@H](CO)[C@H](O)[C@@H]1S(=O)(=O)O. The van der Waals surface area contributed by atoms with Gasteiger partial charge in [-0.1, -0.05) is 0 Å². The molecule has 3 aliphatic heterocycles. The Morgan fingerprint density at radius 1 is 0.725 bits per heavy atom. The summed E-state index contributed by atoms with van der Waals surface area (Å²) in [6.07, 6.45) is -23.9. The van der Waals surface area contributed by atoms with E-state index < -0.39 is 127 Å². The summed E-state index contributed by atoms with van der Waals surface area (Å²) in [6.45, 7) is -1.75. The zero-order chi connectivity index (χ0) is 30.1. The molecule has 15 atom stereocenters. The second kappa shape index (κ2) is 13.4. The first-order valence-electron chi connectivity index (χ1n) is 12.1. The van der Waals surface area contributed by atoms with E-state index in [-0.39, 0.29) is 0 Å². The lowest BCUT2D eigenvalue weighted by Gasteiger charge is -2.48. The number of hydrogen-bond acceptors (Lipinski definition) is 17. The van der Waals surface area contributed by atoms with Gasteiger partial charge >= 0.3 is 0 Å². The van der Waals surface area contributed by atoms with Gasteiger partial charge in [-0.3, -0.25) is 9.35 Å². The average molecular weight is 610 g/mol. The fourth-order valence-electron chi connectivity index (χ4n) is 4.79. The van der Waals surface area contributed by atoms with Gasteiger partial charge in [0.25, 0.3) is 10.1 Å². The van der Waals surface area contributed by atoms with E-state index in [2.05, 4.69) is 5.32 Å². The highest BCUT2D eigenvalue weighted by Crippen LogP contribution is 2.33. The topological polar surface area (TPSA) is 312 Å². The van der Waals surface area contributed by atoms with Crippen molar-refractivity contribution in [3.05, 3.63) is 0 Å². The van der Waals surface area contributed by atoms with Gasteiger partial charge in [-0.25, -0.2) is 0 Å². The lowest BCUT2D eigenvalue weighted by Crippen LogP contribution is -2.69. The van der Waals surface area contributed by atoms with Crippen LogP contribution in [0.2, 0.25) is 0 Å². The molecule has 0 aromatic carbocycles. The number of aliphatic hydroxyl groups is 9. The molecular weight excluding hydrogens is 574 g/mol. The Morgan fingerprint density at radius 2 is 1.18 bits per heavy atom. The standard InChI is InChI=1S/C20H35NO18S/c1-5(25)21-9-17(40(32,33)34)12(28)8(4-24)36-19(9)38-16-11(27)7(3-23)37-20(14(16)30)39-15-10(26)6(2-22)35-18(31)13(15)29/h6-20,22-24,26-31H,2-4H2,1H3,(H,21,25)(H,32,33,34)/t6-,7-,8-,9-,10+,11+,12+,13-,14-,15+,16+,17-,18-,19+,20-/m1/s1. The molecule has 11 N–H and O–H groups in total. The van der Waals surface area contributed by atoms with Crippen LogP contribution in [0.3, 0.4) is 0 Å². The van der Waals surface area contributed by atoms with Gasteiger partial charge in [-0.15, -0.1) is 0 Å². The molecule has 1 amide bonds. The summed E-state index contributed by atoms with van der Waals surface area (Å²) >= 11 is 0. The molecule has 0 unspecified atom stereocenters. The van der Waals surface area contributed by atoms with Gasteiger partial charge in [0.15, 0.2) is 18.9 Å². The second-order valence-electron chi connectivity index (χ2n) is 9.56. The number of nitrogens with one attached hydrogen (secondary N) is 1. The first kappa shape index (κ1) is 33.3. The molecule has 234 valence electrons. The summed E-state index contributed by atoms with van der Waals surface area (Å²) in [7, 11) is -5.15. The van der Waals surface area contributed by atoms with Crippen molar-refractivity contribution < 1.29 is 87.4 Å². The number of hydrogen-bond donors (Lipinski definition) is 11. The smallest absolute Gasteiger partial charge is 0.272 e. The monoisotopic (exact) mass is 609 g/mol. The third-order valence-corrected chi connectivity index (χ3v) is 8.07. The molecule has 40 heavy (non-hydrogen) atoms. The van der Waals surface area contributed by atoms with Gasteiger partial charge in [-0.2, -0.15) is 8.42 Å². The number of aliphatic hydroxyl groups excluding tert-OH is 9. The van der Waals surface area contributed by atoms with Crippen molar-refractivity contribution in [3.8, 4) is 0 Å². The van der Waals surface area contributed by atoms with Crippen LogP contribution in [0.5, 0.6) is 0 Å².